The van der Waals surface area contributed by atoms with Gasteiger partial charge in [-0.25, -0.2) is 9.07 Å². The third kappa shape index (κ3) is 4.89. The van der Waals surface area contributed by atoms with Gasteiger partial charge in [-0.2, -0.15) is 5.10 Å². The van der Waals surface area contributed by atoms with Crippen molar-refractivity contribution in [2.24, 2.45) is 7.05 Å². The van der Waals surface area contributed by atoms with Gasteiger partial charge in [0.25, 0.3) is 0 Å². The van der Waals surface area contributed by atoms with E-state index in [1.165, 1.54) is 23.4 Å². The van der Waals surface area contributed by atoms with Crippen molar-refractivity contribution in [2.45, 2.75) is 33.4 Å². The lowest BCUT2D eigenvalue weighted by atomic mass is 10.1. The molecular formula is C25H35FN6. The molecule has 0 aliphatic carbocycles. The van der Waals surface area contributed by atoms with Gasteiger partial charge in [-0.05, 0) is 63.3 Å². The highest BCUT2D eigenvalue weighted by Gasteiger charge is 2.26. The monoisotopic (exact) mass is 438 g/mol. The van der Waals surface area contributed by atoms with Crippen LogP contribution in [0.4, 0.5) is 10.2 Å². The minimum atomic E-state index is -0.226. The molecule has 3 aromatic rings. The summed E-state index contributed by atoms with van der Waals surface area (Å²) in [5.41, 5.74) is 4.51. The fourth-order valence-corrected chi connectivity index (χ4v) is 4.48. The molecule has 32 heavy (non-hydrogen) atoms. The summed E-state index contributed by atoms with van der Waals surface area (Å²) in [5.74, 6) is 0.922. The van der Waals surface area contributed by atoms with Crippen molar-refractivity contribution in [3.8, 4) is 5.69 Å². The first-order chi connectivity index (χ1) is 15.5. The van der Waals surface area contributed by atoms with Crippen LogP contribution in [0.3, 0.4) is 0 Å². The van der Waals surface area contributed by atoms with E-state index < -0.39 is 0 Å². The highest BCUT2D eigenvalue weighted by Crippen LogP contribution is 2.30. The third-order valence-electron chi connectivity index (χ3n) is 6.39. The first kappa shape index (κ1) is 22.6. The van der Waals surface area contributed by atoms with Gasteiger partial charge in [0.2, 0.25) is 0 Å². The minimum Gasteiger partial charge on any atom is -0.354 e. The Morgan fingerprint density at radius 3 is 2.34 bits per heavy atom. The van der Waals surface area contributed by atoms with Crippen molar-refractivity contribution < 1.29 is 4.39 Å². The molecule has 7 heteroatoms. The SMILES string of the molecule is CCCN(Cc1c(C)nn(-c2ccc(F)cc2)c1N1CCN(C)CC1)Cc1cccn1C. The summed E-state index contributed by atoms with van der Waals surface area (Å²) >= 11 is 0. The van der Waals surface area contributed by atoms with Gasteiger partial charge >= 0.3 is 0 Å². The Morgan fingerprint density at radius 2 is 1.72 bits per heavy atom. The van der Waals surface area contributed by atoms with Crippen LogP contribution in [0.25, 0.3) is 5.69 Å². The van der Waals surface area contributed by atoms with Gasteiger partial charge in [-0.15, -0.1) is 0 Å². The highest BCUT2D eigenvalue weighted by atomic mass is 19.1. The van der Waals surface area contributed by atoms with Crippen molar-refractivity contribution in [3.63, 3.8) is 0 Å². The number of rotatable bonds is 8. The van der Waals surface area contributed by atoms with Crippen LogP contribution in [-0.4, -0.2) is 63.9 Å². The van der Waals surface area contributed by atoms with Gasteiger partial charge in [-0.1, -0.05) is 6.92 Å². The molecule has 0 atom stereocenters. The maximum absolute atomic E-state index is 13.6. The van der Waals surface area contributed by atoms with Crippen LogP contribution in [0.5, 0.6) is 0 Å². The molecule has 1 aromatic carbocycles. The molecule has 0 unspecified atom stereocenters. The molecule has 0 radical (unpaired) electrons. The Labute approximate surface area is 190 Å². The quantitative estimate of drug-likeness (QED) is 0.535. The van der Waals surface area contributed by atoms with Crippen LogP contribution in [0.1, 0.15) is 30.3 Å². The van der Waals surface area contributed by atoms with Crippen molar-refractivity contribution in [1.29, 1.82) is 0 Å². The first-order valence-corrected chi connectivity index (χ1v) is 11.6. The van der Waals surface area contributed by atoms with Gasteiger partial charge in [0.1, 0.15) is 11.6 Å². The summed E-state index contributed by atoms with van der Waals surface area (Å²) in [6.07, 6.45) is 3.20. The van der Waals surface area contributed by atoms with Crippen molar-refractivity contribution in [2.75, 3.05) is 44.7 Å². The number of hydrogen-bond acceptors (Lipinski definition) is 4. The van der Waals surface area contributed by atoms with Gasteiger partial charge in [-0.3, -0.25) is 4.90 Å². The Balaban J connectivity index is 1.71. The summed E-state index contributed by atoms with van der Waals surface area (Å²) in [7, 11) is 4.27. The van der Waals surface area contributed by atoms with E-state index in [0.717, 1.165) is 69.4 Å². The van der Waals surface area contributed by atoms with Crippen LogP contribution in [0, 0.1) is 12.7 Å². The lowest BCUT2D eigenvalue weighted by molar-refractivity contribution is 0.251. The number of halogens is 1. The molecule has 1 aliphatic rings. The predicted octanol–water partition coefficient (Wildman–Crippen LogP) is 3.82. The van der Waals surface area contributed by atoms with E-state index in [4.69, 9.17) is 5.10 Å². The van der Waals surface area contributed by atoms with E-state index >= 15 is 0 Å². The topological polar surface area (TPSA) is 32.5 Å². The Kier molecular flexibility index (Phi) is 6.96. The molecule has 4 rings (SSSR count). The molecule has 0 bridgehead atoms. The molecule has 6 nitrogen and oxygen atoms in total. The molecule has 1 fully saturated rings. The molecule has 1 saturated heterocycles. The lowest BCUT2D eigenvalue weighted by Gasteiger charge is -2.35. The normalized spacial score (nSPS) is 15.1. The largest absolute Gasteiger partial charge is 0.354 e. The second-order valence-corrected chi connectivity index (χ2v) is 8.89. The van der Waals surface area contributed by atoms with Crippen LogP contribution >= 0.6 is 0 Å². The third-order valence-corrected chi connectivity index (χ3v) is 6.39. The van der Waals surface area contributed by atoms with Gasteiger partial charge in [0.05, 0.1) is 11.4 Å². The molecule has 0 amide bonds. The standard InChI is InChI=1S/C25H35FN6/c1-5-12-30(18-23-7-6-13-29(23)4)19-24-20(2)27-32(22-10-8-21(26)9-11-22)25(24)31-16-14-28(3)15-17-31/h6-11,13H,5,12,14-19H2,1-4H3. The van der Waals surface area contributed by atoms with E-state index in [9.17, 15) is 4.39 Å². The number of anilines is 1. The van der Waals surface area contributed by atoms with E-state index in [2.05, 4.69) is 65.5 Å². The molecule has 3 heterocycles. The van der Waals surface area contributed by atoms with Crippen molar-refractivity contribution >= 4 is 5.82 Å². The van der Waals surface area contributed by atoms with Gasteiger partial charge in [0, 0.05) is 63.8 Å². The fraction of sp³-hybridized carbons (Fsp3) is 0.480. The van der Waals surface area contributed by atoms with Gasteiger partial charge in [0.15, 0.2) is 0 Å². The summed E-state index contributed by atoms with van der Waals surface area (Å²) in [4.78, 5) is 7.32. The predicted molar refractivity (Wildman–Crippen MR) is 128 cm³/mol. The smallest absolute Gasteiger partial charge is 0.137 e. The van der Waals surface area contributed by atoms with E-state index in [1.807, 2.05) is 16.8 Å². The molecule has 0 saturated carbocycles. The Morgan fingerprint density at radius 1 is 1.00 bits per heavy atom. The number of aryl methyl sites for hydroxylation is 2. The second-order valence-electron chi connectivity index (χ2n) is 8.89. The van der Waals surface area contributed by atoms with Crippen LogP contribution < -0.4 is 4.90 Å². The second kappa shape index (κ2) is 9.88. The number of likely N-dealkylation sites (N-methyl/N-ethyl adjacent to an activating group) is 1. The number of aromatic nitrogens is 3. The van der Waals surface area contributed by atoms with Crippen molar-refractivity contribution in [1.82, 2.24) is 24.1 Å². The Bertz CT molecular complexity index is 1010. The Hall–Kier alpha value is -2.64. The zero-order valence-electron chi connectivity index (χ0n) is 19.8. The number of piperazine rings is 1. The number of nitrogens with zero attached hydrogens (tertiary/aromatic N) is 6. The lowest BCUT2D eigenvalue weighted by Crippen LogP contribution is -2.45. The molecule has 172 valence electrons. The molecule has 0 N–H and O–H groups in total. The van der Waals surface area contributed by atoms with E-state index in [-0.39, 0.29) is 5.82 Å². The molecule has 0 spiro atoms. The summed E-state index contributed by atoms with van der Waals surface area (Å²) in [6, 6.07) is 11.0. The number of benzene rings is 1. The maximum atomic E-state index is 13.6. The van der Waals surface area contributed by atoms with Crippen LogP contribution in [0.15, 0.2) is 42.6 Å². The number of hydrogen-bond donors (Lipinski definition) is 0. The maximum Gasteiger partial charge on any atom is 0.137 e. The van der Waals surface area contributed by atoms with E-state index in [0.29, 0.717) is 0 Å². The highest BCUT2D eigenvalue weighted by molar-refractivity contribution is 5.55. The van der Waals surface area contributed by atoms with Gasteiger partial charge < -0.3 is 14.4 Å². The minimum absolute atomic E-state index is 0.226. The zero-order valence-corrected chi connectivity index (χ0v) is 19.8. The van der Waals surface area contributed by atoms with Crippen molar-refractivity contribution in [3.05, 3.63) is 65.4 Å². The zero-order chi connectivity index (χ0) is 22.7. The summed E-state index contributed by atoms with van der Waals surface area (Å²) in [6.45, 7) is 11.1. The first-order valence-electron chi connectivity index (χ1n) is 11.6. The summed E-state index contributed by atoms with van der Waals surface area (Å²) in [5, 5.41) is 4.94. The molecule has 1 aliphatic heterocycles. The average Bonchev–Trinajstić information content (AvgIpc) is 3.32. The van der Waals surface area contributed by atoms with E-state index in [1.54, 1.807) is 0 Å². The molecular weight excluding hydrogens is 403 g/mol. The summed E-state index contributed by atoms with van der Waals surface area (Å²) < 4.78 is 17.8. The van der Waals surface area contributed by atoms with Crippen LogP contribution in [-0.2, 0) is 20.1 Å². The average molecular weight is 439 g/mol. The fourth-order valence-electron chi connectivity index (χ4n) is 4.48. The molecule has 2 aromatic heterocycles. The van der Waals surface area contributed by atoms with Crippen LogP contribution in [0.2, 0.25) is 0 Å².